The lowest BCUT2D eigenvalue weighted by Crippen LogP contribution is -2.37. The molecule has 2 fully saturated rings. The van der Waals surface area contributed by atoms with Gasteiger partial charge < -0.3 is 19.5 Å². The summed E-state index contributed by atoms with van der Waals surface area (Å²) >= 11 is 6.35. The smallest absolute Gasteiger partial charge is 0.261 e. The van der Waals surface area contributed by atoms with Crippen molar-refractivity contribution in [2.24, 2.45) is 0 Å². The van der Waals surface area contributed by atoms with Crippen molar-refractivity contribution in [1.82, 2.24) is 4.90 Å². The molecule has 130 valence electrons. The minimum atomic E-state index is -1.32. The van der Waals surface area contributed by atoms with E-state index < -0.39 is 11.8 Å². The van der Waals surface area contributed by atoms with Crippen molar-refractivity contribution in [2.45, 2.75) is 44.0 Å². The van der Waals surface area contributed by atoms with E-state index in [2.05, 4.69) is 0 Å². The van der Waals surface area contributed by atoms with Crippen LogP contribution in [0.5, 0.6) is 11.5 Å². The first-order valence-corrected chi connectivity index (χ1v) is 8.52. The van der Waals surface area contributed by atoms with Crippen molar-refractivity contribution < 1.29 is 23.8 Å². The predicted molar refractivity (Wildman–Crippen MR) is 85.7 cm³/mol. The molecule has 0 unspecified atom stereocenters. The Balaban J connectivity index is 1.74. The van der Waals surface area contributed by atoms with Crippen LogP contribution < -0.4 is 9.47 Å². The predicted octanol–water partition coefficient (Wildman–Crippen LogP) is 2.50. The van der Waals surface area contributed by atoms with E-state index in [0.717, 1.165) is 0 Å². The van der Waals surface area contributed by atoms with E-state index in [0.29, 0.717) is 42.2 Å². The molecule has 7 heteroatoms. The minimum Gasteiger partial charge on any atom is -0.490 e. The van der Waals surface area contributed by atoms with Gasteiger partial charge >= 0.3 is 0 Å². The lowest BCUT2D eigenvalue weighted by Gasteiger charge is -2.22. The van der Waals surface area contributed by atoms with Crippen molar-refractivity contribution in [3.63, 3.8) is 0 Å². The molecule has 1 saturated carbocycles. The summed E-state index contributed by atoms with van der Waals surface area (Å²) in [7, 11) is 0. The summed E-state index contributed by atoms with van der Waals surface area (Å²) in [5.74, 6) is 0.303. The molecular weight excluding hydrogens is 337 g/mol. The van der Waals surface area contributed by atoms with Gasteiger partial charge in [0.2, 0.25) is 0 Å². The second kappa shape index (κ2) is 5.49. The van der Waals surface area contributed by atoms with E-state index in [1.54, 1.807) is 17.9 Å². The quantitative estimate of drug-likeness (QED) is 0.905. The molecule has 2 aliphatic heterocycles. The van der Waals surface area contributed by atoms with E-state index in [9.17, 15) is 14.3 Å². The zero-order valence-electron chi connectivity index (χ0n) is 13.3. The van der Waals surface area contributed by atoms with Gasteiger partial charge in [-0.15, -0.1) is 0 Å². The molecule has 5 nitrogen and oxygen atoms in total. The highest BCUT2D eigenvalue weighted by Crippen LogP contribution is 2.45. The third-order valence-electron chi connectivity index (χ3n) is 4.93. The Morgan fingerprint density at radius 3 is 3.00 bits per heavy atom. The van der Waals surface area contributed by atoms with Crippen LogP contribution in [0, 0.1) is 6.92 Å². The summed E-state index contributed by atoms with van der Waals surface area (Å²) in [5.41, 5.74) is -0.378. The van der Waals surface area contributed by atoms with E-state index in [1.807, 2.05) is 0 Å². The number of halogens is 2. The molecule has 1 aromatic rings. The number of nitrogens with zero attached hydrogens (tertiary/aromatic N) is 1. The number of carbonyl (C=O) groups excluding carboxylic acids is 1. The molecule has 24 heavy (non-hydrogen) atoms. The maximum atomic E-state index is 14.0. The maximum Gasteiger partial charge on any atom is 0.261 e. The number of hydrogen-bond acceptors (Lipinski definition) is 4. The Labute approximate surface area is 144 Å². The van der Waals surface area contributed by atoms with Crippen molar-refractivity contribution in [2.75, 3.05) is 19.8 Å². The number of carbonyl (C=O) groups is 1. The van der Waals surface area contributed by atoms with Crippen LogP contribution in [0.4, 0.5) is 4.39 Å². The highest BCUT2D eigenvalue weighted by Gasteiger charge is 2.45. The van der Waals surface area contributed by atoms with Crippen molar-refractivity contribution >= 4 is 17.5 Å². The number of rotatable bonds is 3. The fraction of sp³-hybridized carbons (Fsp3) is 0.588. The number of fused-ring (bicyclic) bond motifs is 2. The Morgan fingerprint density at radius 1 is 1.54 bits per heavy atom. The molecule has 1 aliphatic carbocycles. The zero-order chi connectivity index (χ0) is 17.1. The molecule has 0 aromatic heterocycles. The van der Waals surface area contributed by atoms with Gasteiger partial charge in [0, 0.05) is 6.54 Å². The molecule has 1 aromatic carbocycles. The van der Waals surface area contributed by atoms with Gasteiger partial charge in [0.25, 0.3) is 5.91 Å². The molecule has 1 amide bonds. The number of aliphatic hydroxyl groups is 1. The lowest BCUT2D eigenvalue weighted by molar-refractivity contribution is 0.0704. The van der Waals surface area contributed by atoms with Crippen LogP contribution in [0.2, 0.25) is 5.02 Å². The standard InChI is InChI=1S/C17H19ClFNO4/c1-9-4-12-13(15(14(9)18)24-8-17(19)2-3-17)16(22)20-6-11(21)5-10(20)7-23-12/h4,10-11,21H,2-3,5-8H2,1H3/t10-,11-/m1/s1. The van der Waals surface area contributed by atoms with Crippen molar-refractivity contribution in [3.05, 3.63) is 22.2 Å². The highest BCUT2D eigenvalue weighted by atomic mass is 35.5. The molecule has 1 N–H and O–H groups in total. The van der Waals surface area contributed by atoms with Gasteiger partial charge in [0.15, 0.2) is 5.75 Å². The Kier molecular flexibility index (Phi) is 3.65. The summed E-state index contributed by atoms with van der Waals surface area (Å²) in [6.07, 6.45) is 0.846. The molecule has 2 heterocycles. The Bertz CT molecular complexity index is 706. The number of amides is 1. The van der Waals surface area contributed by atoms with Gasteiger partial charge in [-0.05, 0) is 37.8 Å². The van der Waals surface area contributed by atoms with Gasteiger partial charge in [0.05, 0.1) is 17.2 Å². The lowest BCUT2D eigenvalue weighted by atomic mass is 10.1. The summed E-state index contributed by atoms with van der Waals surface area (Å²) < 4.78 is 25.4. The van der Waals surface area contributed by atoms with E-state index in [1.165, 1.54) is 0 Å². The summed E-state index contributed by atoms with van der Waals surface area (Å²) in [6, 6.07) is 1.53. The first-order valence-electron chi connectivity index (χ1n) is 8.14. The highest BCUT2D eigenvalue weighted by molar-refractivity contribution is 6.33. The molecule has 4 rings (SSSR count). The van der Waals surface area contributed by atoms with Crippen molar-refractivity contribution in [3.8, 4) is 11.5 Å². The first-order chi connectivity index (χ1) is 11.4. The third kappa shape index (κ3) is 2.62. The largest absolute Gasteiger partial charge is 0.490 e. The fourth-order valence-electron chi connectivity index (χ4n) is 3.29. The summed E-state index contributed by atoms with van der Waals surface area (Å²) in [4.78, 5) is 14.6. The maximum absolute atomic E-state index is 14.0. The van der Waals surface area contributed by atoms with Crippen LogP contribution in [0.15, 0.2) is 6.07 Å². The summed E-state index contributed by atoms with van der Waals surface area (Å²) in [5, 5.41) is 10.1. The Morgan fingerprint density at radius 2 is 2.29 bits per heavy atom. The topological polar surface area (TPSA) is 59.0 Å². The molecule has 2 atom stereocenters. The number of alkyl halides is 1. The normalized spacial score (nSPS) is 27.2. The van der Waals surface area contributed by atoms with E-state index >= 15 is 0 Å². The Hall–Kier alpha value is -1.53. The van der Waals surface area contributed by atoms with Crippen LogP contribution in [0.1, 0.15) is 35.2 Å². The SMILES string of the molecule is Cc1cc2c(c(OCC3(F)CC3)c1Cl)C(=O)N1C[C@H](O)C[C@@H]1CO2. The van der Waals surface area contributed by atoms with Crippen LogP contribution in [-0.4, -0.2) is 53.5 Å². The van der Waals surface area contributed by atoms with Gasteiger partial charge in [-0.25, -0.2) is 4.39 Å². The van der Waals surface area contributed by atoms with Crippen LogP contribution in [0.3, 0.4) is 0 Å². The van der Waals surface area contributed by atoms with Gasteiger partial charge in [-0.1, -0.05) is 11.6 Å². The van der Waals surface area contributed by atoms with Gasteiger partial charge in [0.1, 0.15) is 30.2 Å². The van der Waals surface area contributed by atoms with E-state index in [-0.39, 0.29) is 36.4 Å². The summed E-state index contributed by atoms with van der Waals surface area (Å²) in [6.45, 7) is 2.23. The zero-order valence-corrected chi connectivity index (χ0v) is 14.1. The van der Waals surface area contributed by atoms with Crippen molar-refractivity contribution in [1.29, 1.82) is 0 Å². The second-order valence-corrected chi connectivity index (χ2v) is 7.34. The first kappa shape index (κ1) is 16.0. The van der Waals surface area contributed by atoms with Crippen LogP contribution >= 0.6 is 11.6 Å². The average Bonchev–Trinajstić information content (AvgIpc) is 3.17. The molecule has 1 saturated heterocycles. The molecule has 3 aliphatic rings. The van der Waals surface area contributed by atoms with E-state index in [4.69, 9.17) is 21.1 Å². The van der Waals surface area contributed by atoms with Gasteiger partial charge in [-0.2, -0.15) is 0 Å². The number of benzene rings is 1. The second-order valence-electron chi connectivity index (χ2n) is 6.96. The molecule has 0 radical (unpaired) electrons. The number of hydrogen-bond donors (Lipinski definition) is 1. The van der Waals surface area contributed by atoms with Gasteiger partial charge in [-0.3, -0.25) is 4.79 Å². The number of aliphatic hydroxyl groups excluding tert-OH is 1. The molecular formula is C17H19ClFNO4. The fourth-order valence-corrected chi connectivity index (χ4v) is 3.50. The third-order valence-corrected chi connectivity index (χ3v) is 5.40. The number of ether oxygens (including phenoxy) is 2. The monoisotopic (exact) mass is 355 g/mol. The molecule has 0 bridgehead atoms. The van der Waals surface area contributed by atoms with Crippen LogP contribution in [-0.2, 0) is 0 Å². The average molecular weight is 356 g/mol. The van der Waals surface area contributed by atoms with Crippen LogP contribution in [0.25, 0.3) is 0 Å². The minimum absolute atomic E-state index is 0.123. The number of aryl methyl sites for hydroxylation is 1. The molecule has 0 spiro atoms.